The molecule has 0 spiro atoms. The highest BCUT2D eigenvalue weighted by molar-refractivity contribution is 5.98. The molecule has 42 heavy (non-hydrogen) atoms. The summed E-state index contributed by atoms with van der Waals surface area (Å²) >= 11 is 0. The lowest BCUT2D eigenvalue weighted by atomic mass is 9.84. The van der Waals surface area contributed by atoms with Crippen LogP contribution in [0.25, 0.3) is 0 Å². The maximum Gasteiger partial charge on any atom is 0.407 e. The van der Waals surface area contributed by atoms with Gasteiger partial charge < -0.3 is 25.2 Å². The van der Waals surface area contributed by atoms with Crippen molar-refractivity contribution in [2.75, 3.05) is 25.6 Å². The van der Waals surface area contributed by atoms with Crippen molar-refractivity contribution in [2.24, 2.45) is 0 Å². The first-order chi connectivity index (χ1) is 20.2. The van der Waals surface area contributed by atoms with Gasteiger partial charge in [0.15, 0.2) is 0 Å². The summed E-state index contributed by atoms with van der Waals surface area (Å²) in [6.07, 6.45) is 1.34. The van der Waals surface area contributed by atoms with Crippen molar-refractivity contribution in [2.45, 2.75) is 36.9 Å². The van der Waals surface area contributed by atoms with Crippen LogP contribution in [0.3, 0.4) is 0 Å². The van der Waals surface area contributed by atoms with E-state index in [2.05, 4.69) is 20.9 Å². The average molecular weight is 587 g/mol. The number of methoxy groups -OCH3 is 1. The zero-order valence-electron chi connectivity index (χ0n) is 22.5. The molecule has 1 fully saturated rings. The zero-order chi connectivity index (χ0) is 30.2. The van der Waals surface area contributed by atoms with Crippen LogP contribution >= 0.6 is 0 Å². The number of halogens is 3. The van der Waals surface area contributed by atoms with Crippen molar-refractivity contribution in [1.29, 1.82) is 0 Å². The van der Waals surface area contributed by atoms with Crippen LogP contribution in [0.15, 0.2) is 60.9 Å². The van der Waals surface area contributed by atoms with Crippen LogP contribution in [0.4, 0.5) is 23.7 Å². The molecule has 1 aliphatic rings. The van der Waals surface area contributed by atoms with Gasteiger partial charge in [0.2, 0.25) is 5.91 Å². The summed E-state index contributed by atoms with van der Waals surface area (Å²) in [4.78, 5) is 41.1. The molecule has 0 bridgehead atoms. The maximum atomic E-state index is 14.9. The summed E-state index contributed by atoms with van der Waals surface area (Å²) in [5, 5.41) is 17.1. The Hall–Kier alpha value is -4.49. The number of hydrogen-bond acceptors (Lipinski definition) is 7. The number of aromatic nitrogens is 1. The van der Waals surface area contributed by atoms with Crippen LogP contribution in [-0.4, -0.2) is 66.5 Å². The molecule has 4 rings (SSSR count). The number of morpholine rings is 1. The molecule has 4 N–H and O–H groups in total. The summed E-state index contributed by atoms with van der Waals surface area (Å²) in [6.45, 7) is 0.199. The van der Waals surface area contributed by atoms with Crippen molar-refractivity contribution >= 4 is 23.7 Å². The van der Waals surface area contributed by atoms with E-state index in [1.165, 1.54) is 54.7 Å². The Morgan fingerprint density at radius 2 is 1.67 bits per heavy atom. The van der Waals surface area contributed by atoms with Gasteiger partial charge in [0.1, 0.15) is 29.5 Å². The average Bonchev–Trinajstić information content (AvgIpc) is 2.98. The molecule has 0 saturated carbocycles. The zero-order valence-corrected chi connectivity index (χ0v) is 22.5. The Labute approximate surface area is 239 Å². The van der Waals surface area contributed by atoms with Crippen molar-refractivity contribution in [3.8, 4) is 0 Å². The summed E-state index contributed by atoms with van der Waals surface area (Å²) < 4.78 is 52.8. The first kappa shape index (κ1) is 30.5. The quantitative estimate of drug-likeness (QED) is 0.284. The Morgan fingerprint density at radius 3 is 2.19 bits per heavy atom. The van der Waals surface area contributed by atoms with E-state index in [9.17, 15) is 27.6 Å². The van der Waals surface area contributed by atoms with Crippen LogP contribution in [0.2, 0.25) is 0 Å². The second-order valence-electron chi connectivity index (χ2n) is 9.62. The SMILES string of the molecule is COC(=O)NC(C(=O)Nc1cncc(F)c1CC[C@@H]1CN[C@H](C(=O)O)CO1)C(c1ccc(F)cc1)c1ccc(F)cc1. The smallest absolute Gasteiger partial charge is 0.407 e. The minimum Gasteiger partial charge on any atom is -0.480 e. The Morgan fingerprint density at radius 1 is 1.05 bits per heavy atom. The molecule has 2 aromatic carbocycles. The molecule has 2 heterocycles. The summed E-state index contributed by atoms with van der Waals surface area (Å²) in [5.74, 6) is -4.47. The van der Waals surface area contributed by atoms with Gasteiger partial charge in [0.25, 0.3) is 0 Å². The monoisotopic (exact) mass is 586 g/mol. The molecule has 0 aliphatic carbocycles. The molecule has 3 aromatic rings. The molecule has 0 radical (unpaired) electrons. The number of pyridine rings is 1. The summed E-state index contributed by atoms with van der Waals surface area (Å²) in [5.41, 5.74) is 1.03. The first-order valence-corrected chi connectivity index (χ1v) is 13.0. The number of nitrogens with zero attached hydrogens (tertiary/aromatic N) is 1. The van der Waals surface area contributed by atoms with Gasteiger partial charge >= 0.3 is 12.1 Å². The van der Waals surface area contributed by atoms with Gasteiger partial charge in [-0.1, -0.05) is 24.3 Å². The van der Waals surface area contributed by atoms with Crippen molar-refractivity contribution in [1.82, 2.24) is 15.6 Å². The fourth-order valence-electron chi connectivity index (χ4n) is 4.71. The molecule has 1 aromatic heterocycles. The van der Waals surface area contributed by atoms with Gasteiger partial charge in [-0.25, -0.2) is 18.0 Å². The number of carboxylic acids is 1. The van der Waals surface area contributed by atoms with E-state index in [0.717, 1.165) is 13.3 Å². The molecule has 1 saturated heterocycles. The second kappa shape index (κ2) is 13.9. The van der Waals surface area contributed by atoms with Gasteiger partial charge in [-0.2, -0.15) is 0 Å². The molecule has 13 heteroatoms. The number of aliphatic carboxylic acids is 1. The van der Waals surface area contributed by atoms with E-state index in [4.69, 9.17) is 14.6 Å². The fourth-order valence-corrected chi connectivity index (χ4v) is 4.71. The second-order valence-corrected chi connectivity index (χ2v) is 9.62. The minimum absolute atomic E-state index is 0.0424. The van der Waals surface area contributed by atoms with Crippen LogP contribution in [0.1, 0.15) is 29.0 Å². The lowest BCUT2D eigenvalue weighted by Gasteiger charge is -2.29. The molecular weight excluding hydrogens is 557 g/mol. The van der Waals surface area contributed by atoms with Crippen molar-refractivity contribution in [3.63, 3.8) is 0 Å². The highest BCUT2D eigenvalue weighted by Gasteiger charge is 2.34. The van der Waals surface area contributed by atoms with Gasteiger partial charge in [-0.05, 0) is 48.2 Å². The first-order valence-electron chi connectivity index (χ1n) is 13.0. The minimum atomic E-state index is -1.37. The van der Waals surface area contributed by atoms with E-state index in [0.29, 0.717) is 17.5 Å². The number of nitrogens with one attached hydrogen (secondary N) is 3. The fraction of sp³-hybridized carbons (Fsp3) is 0.310. The van der Waals surface area contributed by atoms with Gasteiger partial charge in [0.05, 0.1) is 37.9 Å². The Bertz CT molecular complexity index is 1350. The Balaban J connectivity index is 1.61. The van der Waals surface area contributed by atoms with Gasteiger partial charge in [0, 0.05) is 18.0 Å². The van der Waals surface area contributed by atoms with Gasteiger partial charge in [-0.3, -0.25) is 19.9 Å². The maximum absolute atomic E-state index is 14.9. The third-order valence-corrected chi connectivity index (χ3v) is 6.90. The number of carboxylic acid groups (broad SMARTS) is 1. The highest BCUT2D eigenvalue weighted by Crippen LogP contribution is 2.30. The number of ether oxygens (including phenoxy) is 2. The summed E-state index contributed by atoms with van der Waals surface area (Å²) in [6, 6.07) is 8.29. The standard InChI is InChI=1S/C29H29F3N4O6/c1-41-29(40)36-26(25(16-2-6-18(30)7-3-16)17-4-8-19(31)9-5-17)27(37)35-23-14-33-13-22(32)21(23)11-10-20-12-34-24(15-42-20)28(38)39/h2-9,13-14,20,24-26,34H,10-12,15H2,1H3,(H,35,37)(H,36,40)(H,38,39)/t20-,24+,26?/m1/s1. The molecule has 1 aliphatic heterocycles. The van der Waals surface area contributed by atoms with Crippen molar-refractivity contribution < 1.29 is 42.1 Å². The number of anilines is 1. The number of hydrogen-bond donors (Lipinski definition) is 4. The largest absolute Gasteiger partial charge is 0.480 e. The normalized spacial score (nSPS) is 17.4. The third kappa shape index (κ3) is 7.62. The van der Waals surface area contributed by atoms with E-state index >= 15 is 0 Å². The van der Waals surface area contributed by atoms with E-state index in [1.54, 1.807) is 0 Å². The van der Waals surface area contributed by atoms with Crippen molar-refractivity contribution in [3.05, 3.63) is 95.1 Å². The third-order valence-electron chi connectivity index (χ3n) is 6.90. The van der Waals surface area contributed by atoms with Crippen LogP contribution in [-0.2, 0) is 25.5 Å². The van der Waals surface area contributed by atoms with E-state index in [-0.39, 0.29) is 30.8 Å². The lowest BCUT2D eigenvalue weighted by molar-refractivity contribution is -0.144. The lowest BCUT2D eigenvalue weighted by Crippen LogP contribution is -2.50. The number of carbonyl (C=O) groups is 3. The molecular formula is C29H29F3N4O6. The number of alkyl carbamates (subject to hydrolysis) is 1. The molecule has 1 unspecified atom stereocenters. The number of amides is 2. The molecule has 3 atom stereocenters. The molecule has 222 valence electrons. The van der Waals surface area contributed by atoms with Gasteiger partial charge in [-0.15, -0.1) is 0 Å². The predicted molar refractivity (Wildman–Crippen MR) is 144 cm³/mol. The van der Waals surface area contributed by atoms with Crippen LogP contribution in [0, 0.1) is 17.5 Å². The number of carbonyl (C=O) groups excluding carboxylic acids is 2. The predicted octanol–water partition coefficient (Wildman–Crippen LogP) is 3.37. The molecule has 2 amide bonds. The summed E-state index contributed by atoms with van der Waals surface area (Å²) in [7, 11) is 1.12. The topological polar surface area (TPSA) is 139 Å². The highest BCUT2D eigenvalue weighted by atomic mass is 19.1. The van der Waals surface area contributed by atoms with Crippen LogP contribution < -0.4 is 16.0 Å². The van der Waals surface area contributed by atoms with Crippen LogP contribution in [0.5, 0.6) is 0 Å². The van der Waals surface area contributed by atoms with E-state index in [1.807, 2.05) is 0 Å². The number of rotatable bonds is 10. The Kier molecular flexibility index (Phi) is 10.1. The molecule has 10 nitrogen and oxygen atoms in total. The number of benzene rings is 2. The van der Waals surface area contributed by atoms with E-state index < -0.39 is 59.5 Å².